The minimum absolute atomic E-state index is 0.0207. The summed E-state index contributed by atoms with van der Waals surface area (Å²) in [5.74, 6) is 0.285. The normalized spacial score (nSPS) is 14.2. The largest absolute Gasteiger partial charge is 0.467 e. The molecule has 0 spiro atoms. The van der Waals surface area contributed by atoms with Gasteiger partial charge in [0.2, 0.25) is 5.91 Å². The Kier molecular flexibility index (Phi) is 5.36. The summed E-state index contributed by atoms with van der Waals surface area (Å²) in [5.41, 5.74) is 0.886. The van der Waals surface area contributed by atoms with Gasteiger partial charge in [-0.05, 0) is 30.3 Å². The van der Waals surface area contributed by atoms with Crippen molar-refractivity contribution in [1.82, 2.24) is 15.1 Å². The molecule has 0 radical (unpaired) electrons. The summed E-state index contributed by atoms with van der Waals surface area (Å²) in [6.45, 7) is 3.87. The highest BCUT2D eigenvalue weighted by molar-refractivity contribution is 5.99. The zero-order chi connectivity index (χ0) is 18.5. The topological polar surface area (TPSA) is 82.9 Å². The molecule has 7 nitrogen and oxygen atoms in total. The van der Waals surface area contributed by atoms with Crippen molar-refractivity contribution in [3.05, 3.63) is 59.5 Å². The fourth-order valence-electron chi connectivity index (χ4n) is 2.88. The Morgan fingerprint density at radius 2 is 1.69 bits per heavy atom. The molecule has 2 aromatic rings. The Morgan fingerprint density at radius 1 is 1.00 bits per heavy atom. The molecule has 1 fully saturated rings. The van der Waals surface area contributed by atoms with Crippen molar-refractivity contribution in [2.24, 2.45) is 0 Å². The molecule has 3 rings (SSSR count). The number of carbonyl (C=O) groups is 3. The van der Waals surface area contributed by atoms with Crippen molar-refractivity contribution in [2.75, 3.05) is 26.2 Å². The van der Waals surface area contributed by atoms with Crippen LogP contribution in [-0.2, 0) is 11.3 Å². The number of nitrogens with one attached hydrogen (secondary N) is 1. The van der Waals surface area contributed by atoms with Gasteiger partial charge in [-0.2, -0.15) is 0 Å². The van der Waals surface area contributed by atoms with Crippen LogP contribution in [0, 0.1) is 0 Å². The van der Waals surface area contributed by atoms with Crippen LogP contribution in [0.1, 0.15) is 33.4 Å². The molecule has 0 bridgehead atoms. The summed E-state index contributed by atoms with van der Waals surface area (Å²) < 4.78 is 5.18. The summed E-state index contributed by atoms with van der Waals surface area (Å²) in [4.78, 5) is 39.8. The van der Waals surface area contributed by atoms with Gasteiger partial charge in [0.25, 0.3) is 11.8 Å². The van der Waals surface area contributed by atoms with Crippen LogP contribution in [0.25, 0.3) is 0 Å². The van der Waals surface area contributed by atoms with E-state index >= 15 is 0 Å². The first-order valence-corrected chi connectivity index (χ1v) is 8.50. The number of carbonyl (C=O) groups excluding carboxylic acids is 3. The summed E-state index contributed by atoms with van der Waals surface area (Å²) in [6, 6.07) is 10.2. The number of furan rings is 1. The van der Waals surface area contributed by atoms with Crippen LogP contribution in [-0.4, -0.2) is 53.7 Å². The molecule has 26 heavy (non-hydrogen) atoms. The van der Waals surface area contributed by atoms with E-state index < -0.39 is 0 Å². The highest BCUT2D eigenvalue weighted by Crippen LogP contribution is 2.12. The van der Waals surface area contributed by atoms with Gasteiger partial charge in [0.15, 0.2) is 0 Å². The van der Waals surface area contributed by atoms with Gasteiger partial charge in [0.05, 0.1) is 12.8 Å². The first-order chi connectivity index (χ1) is 12.5. The van der Waals surface area contributed by atoms with Crippen LogP contribution >= 0.6 is 0 Å². The van der Waals surface area contributed by atoms with E-state index in [1.807, 2.05) is 0 Å². The molecule has 1 aromatic heterocycles. The third-order valence-corrected chi connectivity index (χ3v) is 4.39. The quantitative estimate of drug-likeness (QED) is 0.901. The van der Waals surface area contributed by atoms with E-state index in [9.17, 15) is 14.4 Å². The number of hydrogen-bond acceptors (Lipinski definition) is 4. The molecule has 0 unspecified atom stereocenters. The predicted molar refractivity (Wildman–Crippen MR) is 94.5 cm³/mol. The van der Waals surface area contributed by atoms with Crippen molar-refractivity contribution in [3.63, 3.8) is 0 Å². The van der Waals surface area contributed by atoms with E-state index in [4.69, 9.17) is 4.42 Å². The van der Waals surface area contributed by atoms with Gasteiger partial charge >= 0.3 is 0 Å². The molecule has 7 heteroatoms. The second-order valence-corrected chi connectivity index (χ2v) is 6.14. The Balaban J connectivity index is 1.62. The summed E-state index contributed by atoms with van der Waals surface area (Å²) >= 11 is 0. The van der Waals surface area contributed by atoms with Gasteiger partial charge in [-0.15, -0.1) is 0 Å². The third-order valence-electron chi connectivity index (χ3n) is 4.39. The number of amides is 3. The molecular formula is C19H21N3O4. The van der Waals surface area contributed by atoms with E-state index in [1.54, 1.807) is 52.5 Å². The van der Waals surface area contributed by atoms with E-state index in [0.717, 1.165) is 0 Å². The molecule has 0 atom stereocenters. The molecule has 1 aliphatic rings. The maximum atomic E-state index is 12.7. The second kappa shape index (κ2) is 7.86. The highest BCUT2D eigenvalue weighted by atomic mass is 16.3. The van der Waals surface area contributed by atoms with Gasteiger partial charge in [-0.25, -0.2) is 0 Å². The van der Waals surface area contributed by atoms with Crippen molar-refractivity contribution >= 4 is 17.7 Å². The molecule has 2 heterocycles. The Hall–Kier alpha value is -3.09. The molecule has 136 valence electrons. The van der Waals surface area contributed by atoms with Crippen molar-refractivity contribution in [3.8, 4) is 0 Å². The van der Waals surface area contributed by atoms with Crippen LogP contribution in [0.4, 0.5) is 0 Å². The molecule has 1 N–H and O–H groups in total. The first-order valence-electron chi connectivity index (χ1n) is 8.50. The molecular weight excluding hydrogens is 334 g/mol. The lowest BCUT2D eigenvalue weighted by Crippen LogP contribution is -2.50. The van der Waals surface area contributed by atoms with Gasteiger partial charge in [-0.1, -0.05) is 6.07 Å². The SMILES string of the molecule is CC(=O)N1CCN(C(=O)c2cccc(C(=O)NCc3ccco3)c2)CC1. The fraction of sp³-hybridized carbons (Fsp3) is 0.316. The van der Waals surface area contributed by atoms with E-state index in [2.05, 4.69) is 5.32 Å². The van der Waals surface area contributed by atoms with Crippen molar-refractivity contribution in [2.45, 2.75) is 13.5 Å². The summed E-state index contributed by atoms with van der Waals surface area (Å²) in [5, 5.41) is 2.76. The lowest BCUT2D eigenvalue weighted by atomic mass is 10.1. The number of rotatable bonds is 4. The van der Waals surface area contributed by atoms with Crippen LogP contribution in [0.5, 0.6) is 0 Å². The smallest absolute Gasteiger partial charge is 0.253 e. The molecule has 1 saturated heterocycles. The number of benzene rings is 1. The standard InChI is InChI=1S/C19H21N3O4/c1-14(23)21-7-9-22(10-8-21)19(25)16-5-2-4-15(12-16)18(24)20-13-17-6-3-11-26-17/h2-6,11-12H,7-10,13H2,1H3,(H,20,24). The van der Waals surface area contributed by atoms with Crippen LogP contribution in [0.15, 0.2) is 47.1 Å². The maximum absolute atomic E-state index is 12.7. The van der Waals surface area contributed by atoms with E-state index in [0.29, 0.717) is 43.1 Å². The minimum Gasteiger partial charge on any atom is -0.467 e. The van der Waals surface area contributed by atoms with Gasteiger partial charge in [0.1, 0.15) is 5.76 Å². The van der Waals surface area contributed by atoms with Gasteiger partial charge in [0, 0.05) is 44.2 Å². The summed E-state index contributed by atoms with van der Waals surface area (Å²) in [6.07, 6.45) is 1.55. The van der Waals surface area contributed by atoms with Crippen molar-refractivity contribution in [1.29, 1.82) is 0 Å². The second-order valence-electron chi connectivity index (χ2n) is 6.14. The number of hydrogen-bond donors (Lipinski definition) is 1. The maximum Gasteiger partial charge on any atom is 0.253 e. The number of nitrogens with zero attached hydrogens (tertiary/aromatic N) is 2. The highest BCUT2D eigenvalue weighted by Gasteiger charge is 2.23. The molecule has 1 aliphatic heterocycles. The molecule has 0 aliphatic carbocycles. The predicted octanol–water partition coefficient (Wildman–Crippen LogP) is 1.51. The molecule has 1 aromatic carbocycles. The van der Waals surface area contributed by atoms with Crippen LogP contribution in [0.3, 0.4) is 0 Å². The Bertz CT molecular complexity index is 793. The lowest BCUT2D eigenvalue weighted by Gasteiger charge is -2.34. The average molecular weight is 355 g/mol. The van der Waals surface area contributed by atoms with Crippen LogP contribution < -0.4 is 5.32 Å². The molecule has 3 amide bonds. The van der Waals surface area contributed by atoms with E-state index in [1.165, 1.54) is 6.92 Å². The Labute approximate surface area is 151 Å². The van der Waals surface area contributed by atoms with Crippen LogP contribution in [0.2, 0.25) is 0 Å². The fourth-order valence-corrected chi connectivity index (χ4v) is 2.88. The first kappa shape index (κ1) is 17.7. The zero-order valence-corrected chi connectivity index (χ0v) is 14.6. The zero-order valence-electron chi connectivity index (χ0n) is 14.6. The van der Waals surface area contributed by atoms with Crippen molar-refractivity contribution < 1.29 is 18.8 Å². The molecule has 0 saturated carbocycles. The average Bonchev–Trinajstić information content (AvgIpc) is 3.19. The monoisotopic (exact) mass is 355 g/mol. The van der Waals surface area contributed by atoms with E-state index in [-0.39, 0.29) is 24.3 Å². The Morgan fingerprint density at radius 3 is 2.35 bits per heavy atom. The van der Waals surface area contributed by atoms with Gasteiger partial charge < -0.3 is 19.5 Å². The third kappa shape index (κ3) is 4.11. The summed E-state index contributed by atoms with van der Waals surface area (Å²) in [7, 11) is 0. The lowest BCUT2D eigenvalue weighted by molar-refractivity contribution is -0.130. The van der Waals surface area contributed by atoms with Gasteiger partial charge in [-0.3, -0.25) is 14.4 Å². The number of piperazine rings is 1. The minimum atomic E-state index is -0.266.